The van der Waals surface area contributed by atoms with Crippen LogP contribution in [-0.2, 0) is 4.79 Å². The van der Waals surface area contributed by atoms with Crippen molar-refractivity contribution < 1.29 is 14.6 Å². The Morgan fingerprint density at radius 3 is 2.68 bits per heavy atom. The summed E-state index contributed by atoms with van der Waals surface area (Å²) in [5, 5.41) is 18.6. The number of para-hydroxylation sites is 2. The number of aromatic amines is 1. The van der Waals surface area contributed by atoms with E-state index in [1.54, 1.807) is 24.3 Å². The van der Waals surface area contributed by atoms with Gasteiger partial charge in [-0.1, -0.05) is 12.1 Å². The number of rotatable bonds is 4. The van der Waals surface area contributed by atoms with Crippen LogP contribution >= 0.6 is 11.3 Å². The molecule has 10 heteroatoms. The molecule has 31 heavy (non-hydrogen) atoms. The van der Waals surface area contributed by atoms with Crippen LogP contribution in [0.1, 0.15) is 35.4 Å². The maximum atomic E-state index is 12.7. The Kier molecular flexibility index (Phi) is 5.24. The number of carbonyl (C=O) groups is 1. The Morgan fingerprint density at radius 2 is 2.03 bits per heavy atom. The van der Waals surface area contributed by atoms with E-state index in [0.717, 1.165) is 15.0 Å². The van der Waals surface area contributed by atoms with E-state index in [1.165, 1.54) is 30.4 Å². The quantitative estimate of drug-likeness (QED) is 0.646. The average molecular weight is 440 g/mol. The second-order valence-corrected chi connectivity index (χ2v) is 8.01. The van der Waals surface area contributed by atoms with Crippen molar-refractivity contribution in [1.29, 1.82) is 0 Å². The smallest absolute Gasteiger partial charge is 0.335 e. The lowest BCUT2D eigenvalue weighted by Gasteiger charge is -2.19. The van der Waals surface area contributed by atoms with Gasteiger partial charge < -0.3 is 9.84 Å². The van der Waals surface area contributed by atoms with Gasteiger partial charge in [-0.3, -0.25) is 14.6 Å². The van der Waals surface area contributed by atoms with Crippen molar-refractivity contribution in [2.24, 2.45) is 5.10 Å². The fourth-order valence-corrected chi connectivity index (χ4v) is 4.72. The normalized spacial score (nSPS) is 15.8. The predicted octanol–water partition coefficient (Wildman–Crippen LogP) is 2.31. The highest BCUT2D eigenvalue weighted by Gasteiger charge is 2.36. The van der Waals surface area contributed by atoms with Crippen molar-refractivity contribution in [3.8, 4) is 17.3 Å². The van der Waals surface area contributed by atoms with Gasteiger partial charge in [0.25, 0.3) is 5.56 Å². The van der Waals surface area contributed by atoms with E-state index in [2.05, 4.69) is 10.1 Å². The van der Waals surface area contributed by atoms with Gasteiger partial charge in [-0.25, -0.2) is 14.4 Å². The molecule has 0 spiro atoms. The summed E-state index contributed by atoms with van der Waals surface area (Å²) in [6.07, 6.45) is 0.224. The van der Waals surface area contributed by atoms with Crippen molar-refractivity contribution in [3.63, 3.8) is 0 Å². The molecule has 0 bridgehead atoms. The number of hydrogen-bond donors (Lipinski definition) is 2. The lowest BCUT2D eigenvalue weighted by Crippen LogP contribution is -2.33. The predicted molar refractivity (Wildman–Crippen MR) is 116 cm³/mol. The Hall–Kier alpha value is -3.66. The molecule has 2 N–H and O–H groups in total. The molecule has 0 saturated carbocycles. The number of thiophene rings is 1. The van der Waals surface area contributed by atoms with E-state index >= 15 is 0 Å². The first-order valence-electron chi connectivity index (χ1n) is 9.46. The van der Waals surface area contributed by atoms with Crippen LogP contribution in [-0.4, -0.2) is 38.4 Å². The van der Waals surface area contributed by atoms with Gasteiger partial charge in [-0.15, -0.1) is 11.3 Å². The first-order chi connectivity index (χ1) is 14.8. The number of benzene rings is 1. The number of amides is 1. The second-order valence-electron chi connectivity index (χ2n) is 7.06. The topological polar surface area (TPSA) is 117 Å². The van der Waals surface area contributed by atoms with Crippen LogP contribution < -0.4 is 16.0 Å². The van der Waals surface area contributed by atoms with E-state index < -0.39 is 23.2 Å². The monoisotopic (exact) mass is 440 g/mol. The first kappa shape index (κ1) is 20.6. The van der Waals surface area contributed by atoms with Gasteiger partial charge in [0.1, 0.15) is 11.3 Å². The Labute approximate surface area is 180 Å². The number of H-pyrrole nitrogens is 1. The Balaban J connectivity index is 1.88. The van der Waals surface area contributed by atoms with Crippen LogP contribution in [0.25, 0.3) is 5.69 Å². The summed E-state index contributed by atoms with van der Waals surface area (Å²) in [6, 6.07) is 8.16. The SMILES string of the molecule is COc1ccccc1-n1c(O)c(C2=NN(C(C)=O)[C@H](c3sccc3C)C2)c(=O)[nH]c1=O. The number of nitrogens with zero attached hydrogens (tertiary/aromatic N) is 3. The van der Waals surface area contributed by atoms with Gasteiger partial charge in [0.05, 0.1) is 24.6 Å². The largest absolute Gasteiger partial charge is 0.495 e. The van der Waals surface area contributed by atoms with Gasteiger partial charge in [0, 0.05) is 18.2 Å². The fraction of sp³-hybridized carbons (Fsp3) is 0.238. The van der Waals surface area contributed by atoms with E-state index in [0.29, 0.717) is 5.75 Å². The van der Waals surface area contributed by atoms with Crippen LogP contribution in [0.5, 0.6) is 11.6 Å². The molecule has 0 aliphatic carbocycles. The molecule has 0 unspecified atom stereocenters. The summed E-state index contributed by atoms with van der Waals surface area (Å²) in [5.41, 5.74) is -0.265. The Morgan fingerprint density at radius 1 is 1.29 bits per heavy atom. The van der Waals surface area contributed by atoms with Gasteiger partial charge in [-0.2, -0.15) is 5.10 Å². The molecule has 0 radical (unpaired) electrons. The number of aryl methyl sites for hydroxylation is 1. The summed E-state index contributed by atoms with van der Waals surface area (Å²) in [7, 11) is 1.44. The van der Waals surface area contributed by atoms with E-state index in [4.69, 9.17) is 4.74 Å². The van der Waals surface area contributed by atoms with Gasteiger partial charge in [0.15, 0.2) is 0 Å². The van der Waals surface area contributed by atoms with Crippen LogP contribution in [0.4, 0.5) is 0 Å². The fourth-order valence-electron chi connectivity index (χ4n) is 3.70. The van der Waals surface area contributed by atoms with E-state index in [1.807, 2.05) is 18.4 Å². The molecular formula is C21H20N4O5S. The second kappa shape index (κ2) is 7.88. The van der Waals surface area contributed by atoms with E-state index in [-0.39, 0.29) is 29.3 Å². The van der Waals surface area contributed by atoms with Crippen LogP contribution in [0.2, 0.25) is 0 Å². The third-order valence-corrected chi connectivity index (χ3v) is 6.26. The lowest BCUT2D eigenvalue weighted by atomic mass is 10.0. The third kappa shape index (κ3) is 3.44. The molecule has 1 aromatic carbocycles. The van der Waals surface area contributed by atoms with Gasteiger partial charge >= 0.3 is 5.69 Å². The first-order valence-corrected chi connectivity index (χ1v) is 10.3. The summed E-state index contributed by atoms with van der Waals surface area (Å²) < 4.78 is 6.25. The molecule has 1 aliphatic heterocycles. The summed E-state index contributed by atoms with van der Waals surface area (Å²) in [5.74, 6) is -0.519. The number of carbonyl (C=O) groups excluding carboxylic acids is 1. The van der Waals surface area contributed by atoms with Crippen LogP contribution in [0.15, 0.2) is 50.4 Å². The highest BCUT2D eigenvalue weighted by molar-refractivity contribution is 7.10. The zero-order chi connectivity index (χ0) is 22.3. The van der Waals surface area contributed by atoms with Crippen molar-refractivity contribution in [2.75, 3.05) is 7.11 Å². The molecule has 3 aromatic rings. The number of hydrazone groups is 1. The number of hydrogen-bond acceptors (Lipinski definition) is 7. The van der Waals surface area contributed by atoms with Crippen LogP contribution in [0.3, 0.4) is 0 Å². The maximum absolute atomic E-state index is 12.7. The standard InChI is InChI=1S/C21H20N4O5S/c1-11-8-9-31-18(11)15-10-13(23-25(15)12(2)26)17-19(27)22-21(29)24(20(17)28)14-6-4-5-7-16(14)30-3/h4-9,15,28H,10H2,1-3H3,(H,22,27,29)/t15-/m0/s1. The number of aromatic hydroxyl groups is 1. The van der Waals surface area contributed by atoms with E-state index in [9.17, 15) is 19.5 Å². The zero-order valence-electron chi connectivity index (χ0n) is 17.1. The minimum Gasteiger partial charge on any atom is -0.495 e. The Bertz CT molecular complexity index is 1320. The van der Waals surface area contributed by atoms with Crippen LogP contribution in [0, 0.1) is 6.92 Å². The number of nitrogens with one attached hydrogen (secondary N) is 1. The summed E-state index contributed by atoms with van der Waals surface area (Å²) in [4.78, 5) is 40.7. The third-order valence-electron chi connectivity index (χ3n) is 5.14. The maximum Gasteiger partial charge on any atom is 0.335 e. The summed E-state index contributed by atoms with van der Waals surface area (Å²) in [6.45, 7) is 3.33. The highest BCUT2D eigenvalue weighted by atomic mass is 32.1. The molecule has 0 saturated heterocycles. The number of methoxy groups -OCH3 is 1. The minimum absolute atomic E-state index is 0.159. The van der Waals surface area contributed by atoms with Gasteiger partial charge in [0.2, 0.25) is 11.8 Å². The molecule has 1 amide bonds. The van der Waals surface area contributed by atoms with Gasteiger partial charge in [-0.05, 0) is 36.1 Å². The van der Waals surface area contributed by atoms with Crippen molar-refractivity contribution >= 4 is 23.0 Å². The van der Waals surface area contributed by atoms with Crippen molar-refractivity contribution in [1.82, 2.24) is 14.6 Å². The van der Waals surface area contributed by atoms with Crippen molar-refractivity contribution in [2.45, 2.75) is 26.3 Å². The average Bonchev–Trinajstić information content (AvgIpc) is 3.34. The number of aromatic nitrogens is 2. The zero-order valence-corrected chi connectivity index (χ0v) is 17.9. The molecule has 1 atom stereocenters. The molecule has 4 rings (SSSR count). The number of ether oxygens (including phenoxy) is 1. The minimum atomic E-state index is -0.816. The summed E-state index contributed by atoms with van der Waals surface area (Å²) >= 11 is 1.49. The molecule has 1 aliphatic rings. The molecule has 3 heterocycles. The molecule has 9 nitrogen and oxygen atoms in total. The molecule has 0 fully saturated rings. The molecule has 160 valence electrons. The van der Waals surface area contributed by atoms with Crippen molar-refractivity contribution in [3.05, 3.63) is 72.6 Å². The lowest BCUT2D eigenvalue weighted by molar-refractivity contribution is -0.130. The highest BCUT2D eigenvalue weighted by Crippen LogP contribution is 2.38. The molecule has 2 aromatic heterocycles. The molecular weight excluding hydrogens is 420 g/mol.